The molecule has 1 unspecified atom stereocenters. The third-order valence-corrected chi connectivity index (χ3v) is 5.15. The molecule has 3 aliphatic rings. The van der Waals surface area contributed by atoms with Gasteiger partial charge in [-0.15, -0.1) is 0 Å². The molecule has 3 atom stereocenters. The van der Waals surface area contributed by atoms with Gasteiger partial charge in [-0.2, -0.15) is 4.39 Å². The second-order valence-corrected chi connectivity index (χ2v) is 6.59. The number of halogens is 1. The number of allylic oxidation sites excluding steroid dienone is 2. The largest absolute Gasteiger partial charge is 0.425 e. The van der Waals surface area contributed by atoms with E-state index in [2.05, 4.69) is 43.2 Å². The molecule has 0 amide bonds. The van der Waals surface area contributed by atoms with Crippen LogP contribution in [0.1, 0.15) is 24.5 Å². The number of alkyl halides is 1. The van der Waals surface area contributed by atoms with Crippen molar-refractivity contribution in [2.75, 3.05) is 13.6 Å². The zero-order valence-electron chi connectivity index (χ0n) is 13.1. The molecular weight excluding hydrogens is 281 g/mol. The molecule has 4 rings (SSSR count). The van der Waals surface area contributed by atoms with Crippen molar-refractivity contribution in [3.63, 3.8) is 0 Å². The van der Waals surface area contributed by atoms with E-state index in [0.717, 1.165) is 18.5 Å². The van der Waals surface area contributed by atoms with Gasteiger partial charge in [0, 0.05) is 11.5 Å². The van der Waals surface area contributed by atoms with Crippen LogP contribution in [0.5, 0.6) is 11.5 Å². The van der Waals surface area contributed by atoms with Crippen molar-refractivity contribution in [2.24, 2.45) is 0 Å². The molecular formula is C18H20FNO2. The number of nitrogens with zero attached hydrogens (tertiary/aromatic N) is 1. The maximum Gasteiger partial charge on any atom is 0.397 e. The monoisotopic (exact) mass is 301 g/mol. The first-order chi connectivity index (χ1) is 10.5. The van der Waals surface area contributed by atoms with E-state index in [1.165, 1.54) is 11.1 Å². The Morgan fingerprint density at radius 3 is 2.91 bits per heavy atom. The van der Waals surface area contributed by atoms with Crippen LogP contribution in [-0.4, -0.2) is 31.1 Å². The average molecular weight is 301 g/mol. The summed E-state index contributed by atoms with van der Waals surface area (Å²) in [6.07, 6.45) is 7.87. The minimum absolute atomic E-state index is 0.0637. The van der Waals surface area contributed by atoms with Crippen LogP contribution in [0.3, 0.4) is 0 Å². The molecule has 2 heterocycles. The van der Waals surface area contributed by atoms with E-state index >= 15 is 0 Å². The number of fused-ring (bicyclic) bond motifs is 2. The smallest absolute Gasteiger partial charge is 0.397 e. The predicted molar refractivity (Wildman–Crippen MR) is 82.9 cm³/mol. The molecule has 3 nitrogen and oxygen atoms in total. The van der Waals surface area contributed by atoms with Crippen LogP contribution in [0.15, 0.2) is 35.9 Å². The zero-order valence-corrected chi connectivity index (χ0v) is 13.1. The maximum absolute atomic E-state index is 13.4. The number of aryl methyl sites for hydroxylation is 1. The Bertz CT molecular complexity index is 697. The summed E-state index contributed by atoms with van der Waals surface area (Å²) in [6.45, 7) is 3.43. The minimum atomic E-state index is -1.69. The van der Waals surface area contributed by atoms with E-state index in [1.807, 2.05) is 13.0 Å². The Morgan fingerprint density at radius 2 is 2.09 bits per heavy atom. The van der Waals surface area contributed by atoms with Crippen molar-refractivity contribution in [3.05, 3.63) is 47.1 Å². The predicted octanol–water partition coefficient (Wildman–Crippen LogP) is 3.48. The second-order valence-electron chi connectivity index (χ2n) is 6.59. The number of benzene rings is 1. The number of likely N-dealkylation sites (N-methyl/N-ethyl adjacent to an activating group) is 1. The zero-order chi connectivity index (χ0) is 15.5. The molecule has 0 N–H and O–H groups in total. The second kappa shape index (κ2) is 4.59. The lowest BCUT2D eigenvalue weighted by atomic mass is 9.70. The highest BCUT2D eigenvalue weighted by atomic mass is 19.2. The highest BCUT2D eigenvalue weighted by molar-refractivity contribution is 5.55. The fourth-order valence-electron chi connectivity index (χ4n) is 3.96. The van der Waals surface area contributed by atoms with Crippen LogP contribution in [-0.2, 0) is 5.41 Å². The number of hydrogen-bond acceptors (Lipinski definition) is 3. The van der Waals surface area contributed by atoms with E-state index < -0.39 is 6.54 Å². The summed E-state index contributed by atoms with van der Waals surface area (Å²) in [4.78, 5) is 2.38. The van der Waals surface area contributed by atoms with Crippen LogP contribution in [0.25, 0.3) is 0 Å². The Labute approximate surface area is 130 Å². The fraction of sp³-hybridized carbons (Fsp3) is 0.444. The summed E-state index contributed by atoms with van der Waals surface area (Å²) in [6, 6.07) is 4.40. The molecule has 1 aromatic carbocycles. The highest BCUT2D eigenvalue weighted by Crippen LogP contribution is 2.48. The van der Waals surface area contributed by atoms with Gasteiger partial charge in [-0.3, -0.25) is 4.90 Å². The van der Waals surface area contributed by atoms with Gasteiger partial charge in [-0.1, -0.05) is 29.9 Å². The van der Waals surface area contributed by atoms with Gasteiger partial charge in [0.25, 0.3) is 0 Å². The van der Waals surface area contributed by atoms with Crippen molar-refractivity contribution in [1.29, 1.82) is 0 Å². The number of hydrogen-bond donors (Lipinski definition) is 0. The lowest BCUT2D eigenvalue weighted by Gasteiger charge is -2.36. The average Bonchev–Trinajstić information content (AvgIpc) is 3.01. The van der Waals surface area contributed by atoms with Gasteiger partial charge in [0.15, 0.2) is 11.5 Å². The van der Waals surface area contributed by atoms with Crippen molar-refractivity contribution in [1.82, 2.24) is 4.90 Å². The molecule has 1 aliphatic carbocycles. The molecule has 0 radical (unpaired) electrons. The van der Waals surface area contributed by atoms with Crippen molar-refractivity contribution in [2.45, 2.75) is 38.3 Å². The van der Waals surface area contributed by atoms with E-state index in [1.54, 1.807) is 0 Å². The number of rotatable bonds is 1. The van der Waals surface area contributed by atoms with E-state index in [0.29, 0.717) is 17.5 Å². The van der Waals surface area contributed by atoms with Gasteiger partial charge in [-0.25, -0.2) is 0 Å². The summed E-state index contributed by atoms with van der Waals surface area (Å²) in [7, 11) is 2.16. The van der Waals surface area contributed by atoms with Crippen LogP contribution in [0.4, 0.5) is 4.39 Å². The molecule has 0 aromatic heterocycles. The van der Waals surface area contributed by atoms with Gasteiger partial charge >= 0.3 is 6.54 Å². The summed E-state index contributed by atoms with van der Waals surface area (Å²) >= 11 is 0. The van der Waals surface area contributed by atoms with Gasteiger partial charge in [0.05, 0.1) is 0 Å². The fourth-order valence-corrected chi connectivity index (χ4v) is 3.96. The van der Waals surface area contributed by atoms with E-state index in [-0.39, 0.29) is 5.41 Å². The normalized spacial score (nSPS) is 33.0. The molecule has 0 bridgehead atoms. The van der Waals surface area contributed by atoms with Crippen LogP contribution >= 0.6 is 0 Å². The van der Waals surface area contributed by atoms with Gasteiger partial charge in [-0.05, 0) is 51.1 Å². The van der Waals surface area contributed by atoms with Crippen LogP contribution < -0.4 is 9.47 Å². The number of likely N-dealkylation sites (tertiary alicyclic amines) is 1. The topological polar surface area (TPSA) is 21.7 Å². The molecule has 1 fully saturated rings. The molecule has 1 aromatic rings. The quantitative estimate of drug-likeness (QED) is 0.792. The Balaban J connectivity index is 1.84. The molecule has 0 spiro atoms. The summed E-state index contributed by atoms with van der Waals surface area (Å²) < 4.78 is 23.6. The standard InChI is InChI=1S/C18H20FNO2/c1-11-4-5-18(6-7-20(3)15(18)8-11)13-9-12(2)16-14(10-13)21-17(19)22-16/h4-5,8-10,15,17H,6-7H2,1-3H3/t15-,17?,18-/m0/s1. The van der Waals surface area contributed by atoms with Gasteiger partial charge in [0.1, 0.15) is 0 Å². The van der Waals surface area contributed by atoms with Gasteiger partial charge in [0.2, 0.25) is 0 Å². The molecule has 4 heteroatoms. The van der Waals surface area contributed by atoms with E-state index in [9.17, 15) is 4.39 Å². The van der Waals surface area contributed by atoms with E-state index in [4.69, 9.17) is 9.47 Å². The van der Waals surface area contributed by atoms with Crippen molar-refractivity contribution in [3.8, 4) is 11.5 Å². The van der Waals surface area contributed by atoms with Crippen molar-refractivity contribution >= 4 is 0 Å². The summed E-state index contributed by atoms with van der Waals surface area (Å²) in [5.41, 5.74) is 3.33. The van der Waals surface area contributed by atoms with Gasteiger partial charge < -0.3 is 9.47 Å². The number of ether oxygens (including phenoxy) is 2. The SMILES string of the molecule is CC1=C[C@@H]2N(C)CC[C@]2(c2cc(C)c3c(c2)OC(F)O3)C=C1. The Kier molecular flexibility index (Phi) is 2.89. The molecule has 1 saturated heterocycles. The lowest BCUT2D eigenvalue weighted by Crippen LogP contribution is -2.40. The Hall–Kier alpha value is -1.81. The first-order valence-electron chi connectivity index (χ1n) is 7.70. The summed E-state index contributed by atoms with van der Waals surface area (Å²) in [5, 5.41) is 0. The minimum Gasteiger partial charge on any atom is -0.425 e. The third-order valence-electron chi connectivity index (χ3n) is 5.15. The first-order valence-corrected chi connectivity index (χ1v) is 7.70. The lowest BCUT2D eigenvalue weighted by molar-refractivity contribution is -0.0654. The molecule has 0 saturated carbocycles. The highest BCUT2D eigenvalue weighted by Gasteiger charge is 2.46. The maximum atomic E-state index is 13.4. The first kappa shape index (κ1) is 13.8. The van der Waals surface area contributed by atoms with Crippen LogP contribution in [0, 0.1) is 6.92 Å². The molecule has 22 heavy (non-hydrogen) atoms. The van der Waals surface area contributed by atoms with Crippen LogP contribution in [0.2, 0.25) is 0 Å². The molecule has 116 valence electrons. The third kappa shape index (κ3) is 1.83. The molecule has 2 aliphatic heterocycles. The van der Waals surface area contributed by atoms with Crippen molar-refractivity contribution < 1.29 is 13.9 Å². The summed E-state index contributed by atoms with van der Waals surface area (Å²) in [5.74, 6) is 1.05. The Morgan fingerprint density at radius 1 is 1.27 bits per heavy atom.